The van der Waals surface area contributed by atoms with Gasteiger partial charge in [0.2, 0.25) is 0 Å². The number of hydrogen-bond acceptors (Lipinski definition) is 6. The molecule has 0 aliphatic carbocycles. The number of fused-ring (bicyclic) bond motifs is 1. The molecular weight excluding hydrogens is 452 g/mol. The minimum absolute atomic E-state index is 0.129. The fourth-order valence-corrected chi connectivity index (χ4v) is 6.49. The molecule has 0 amide bonds. The average Bonchev–Trinajstić information content (AvgIpc) is 2.96. The molecule has 0 bridgehead atoms. The van der Waals surface area contributed by atoms with Gasteiger partial charge in [-0.3, -0.25) is 9.29 Å². The molecule has 2 aliphatic rings. The molecule has 30 heavy (non-hydrogen) atoms. The van der Waals surface area contributed by atoms with Crippen LogP contribution in [-0.2, 0) is 10.0 Å². The van der Waals surface area contributed by atoms with Crippen LogP contribution in [-0.4, -0.2) is 23.7 Å². The van der Waals surface area contributed by atoms with E-state index in [2.05, 4.69) is 23.6 Å². The Morgan fingerprint density at radius 3 is 2.57 bits per heavy atom. The number of halogens is 2. The van der Waals surface area contributed by atoms with Gasteiger partial charge in [0.1, 0.15) is 5.69 Å². The molecule has 6 nitrogen and oxygen atoms in total. The van der Waals surface area contributed by atoms with Crippen LogP contribution in [0.15, 0.2) is 32.1 Å². The molecule has 0 aromatic heterocycles. The maximum atomic E-state index is 13.5. The van der Waals surface area contributed by atoms with Crippen molar-refractivity contribution >= 4 is 38.9 Å². The number of thioether (sulfide) groups is 1. The highest BCUT2D eigenvalue weighted by Gasteiger charge is 2.27. The van der Waals surface area contributed by atoms with E-state index in [1.807, 2.05) is 6.92 Å². The second-order valence-corrected chi connectivity index (χ2v) is 11.4. The first kappa shape index (κ1) is 22.7. The van der Waals surface area contributed by atoms with Crippen LogP contribution in [0.3, 0.4) is 0 Å². The topological polar surface area (TPSA) is 81.1 Å². The summed E-state index contributed by atoms with van der Waals surface area (Å²) in [6, 6.07) is 2.27. The molecule has 0 unspecified atom stereocenters. The van der Waals surface area contributed by atoms with Gasteiger partial charge in [0, 0.05) is 10.6 Å². The molecule has 1 N–H and O–H groups in total. The summed E-state index contributed by atoms with van der Waals surface area (Å²) >= 11 is 2.99. The van der Waals surface area contributed by atoms with E-state index in [0.29, 0.717) is 23.4 Å². The molecule has 2 aliphatic heterocycles. The van der Waals surface area contributed by atoms with Crippen LogP contribution in [0.4, 0.5) is 14.6 Å². The van der Waals surface area contributed by atoms with Crippen molar-refractivity contribution in [3.8, 4) is 5.69 Å². The summed E-state index contributed by atoms with van der Waals surface area (Å²) in [5.41, 5.74) is 0.430. The van der Waals surface area contributed by atoms with Crippen LogP contribution in [0.25, 0.3) is 5.69 Å². The van der Waals surface area contributed by atoms with E-state index in [0.717, 1.165) is 33.4 Å². The van der Waals surface area contributed by atoms with Gasteiger partial charge in [0.15, 0.2) is 17.5 Å². The van der Waals surface area contributed by atoms with Gasteiger partial charge in [-0.05, 0) is 50.1 Å². The lowest BCUT2D eigenvalue weighted by Gasteiger charge is -2.16. The van der Waals surface area contributed by atoms with Crippen molar-refractivity contribution in [3.63, 3.8) is 0 Å². The third-order valence-corrected chi connectivity index (χ3v) is 8.31. The second kappa shape index (κ2) is 8.64. The Morgan fingerprint density at radius 1 is 1.23 bits per heavy atom. The Labute approximate surface area is 181 Å². The number of sulfonamides is 1. The number of nitrogens with zero attached hydrogens (tertiary/aromatic N) is 2. The van der Waals surface area contributed by atoms with Gasteiger partial charge in [0.05, 0.1) is 9.10 Å². The molecule has 2 heterocycles. The monoisotopic (exact) mass is 473 g/mol. The Kier molecular flexibility index (Phi) is 6.54. The Bertz CT molecular complexity index is 1220. The molecule has 0 saturated carbocycles. The van der Waals surface area contributed by atoms with Gasteiger partial charge in [-0.2, -0.15) is 4.98 Å². The van der Waals surface area contributed by atoms with Gasteiger partial charge in [0.25, 0.3) is 10.0 Å². The number of nitrogens with one attached hydrogen (secondary N) is 1. The molecule has 11 heteroatoms. The van der Waals surface area contributed by atoms with E-state index >= 15 is 0 Å². The highest BCUT2D eigenvalue weighted by Crippen LogP contribution is 2.39. The van der Waals surface area contributed by atoms with Gasteiger partial charge in [-0.1, -0.05) is 13.8 Å². The Balaban J connectivity index is 2.07. The van der Waals surface area contributed by atoms with Crippen molar-refractivity contribution in [1.82, 2.24) is 9.55 Å². The molecule has 0 fully saturated rings. The normalized spacial score (nSPS) is 12.1. The third kappa shape index (κ3) is 4.52. The molecule has 0 spiro atoms. The molecule has 162 valence electrons. The smallest absolute Gasteiger partial charge is 0.261 e. The molecule has 3 rings (SSSR count). The summed E-state index contributed by atoms with van der Waals surface area (Å²) < 4.78 is 56.6. The Hall–Kier alpha value is -1.98. The summed E-state index contributed by atoms with van der Waals surface area (Å²) in [5, 5.41) is 0. The van der Waals surface area contributed by atoms with Gasteiger partial charge in [-0.15, -0.1) is 23.1 Å². The minimum atomic E-state index is -4.28. The standard InChI is InChI=1S/C19H21F2N3O3S3/c1-10(2)7-8-28-18-16-17(22-19(25)24(16)11(3)12(4)29-18)23-30(26,27)13-5-6-14(20)15(21)9-13/h5-6,9-10H,7-8H2,1-4H3,(H,22,23,25). The van der Waals surface area contributed by atoms with Crippen molar-refractivity contribution in [1.29, 1.82) is 0 Å². The van der Waals surface area contributed by atoms with E-state index in [1.54, 1.807) is 6.92 Å². The molecule has 0 atom stereocenters. The van der Waals surface area contributed by atoms with E-state index in [1.165, 1.54) is 27.7 Å². The Morgan fingerprint density at radius 2 is 1.93 bits per heavy atom. The molecule has 1 aromatic carbocycles. The van der Waals surface area contributed by atoms with E-state index in [-0.39, 0.29) is 5.82 Å². The zero-order chi connectivity index (χ0) is 22.2. The van der Waals surface area contributed by atoms with Gasteiger partial charge < -0.3 is 0 Å². The lowest BCUT2D eigenvalue weighted by molar-refractivity contribution is 0.504. The van der Waals surface area contributed by atoms with Crippen molar-refractivity contribution in [2.24, 2.45) is 5.92 Å². The first-order valence-electron chi connectivity index (χ1n) is 9.14. The largest absolute Gasteiger partial charge is 0.354 e. The van der Waals surface area contributed by atoms with Crippen LogP contribution < -0.4 is 10.4 Å². The van der Waals surface area contributed by atoms with E-state index in [4.69, 9.17) is 0 Å². The van der Waals surface area contributed by atoms with E-state index in [9.17, 15) is 22.0 Å². The fraction of sp³-hybridized carbons (Fsp3) is 0.368. The predicted octanol–water partition coefficient (Wildman–Crippen LogP) is 4.57. The van der Waals surface area contributed by atoms with Crippen LogP contribution >= 0.6 is 23.1 Å². The first-order chi connectivity index (χ1) is 14.0. The predicted molar refractivity (Wildman–Crippen MR) is 116 cm³/mol. The second-order valence-electron chi connectivity index (χ2n) is 7.17. The molecule has 1 aromatic rings. The third-order valence-electron chi connectivity index (χ3n) is 4.49. The van der Waals surface area contributed by atoms with Crippen LogP contribution in [0, 0.1) is 31.4 Å². The van der Waals surface area contributed by atoms with Crippen molar-refractivity contribution < 1.29 is 17.2 Å². The van der Waals surface area contributed by atoms with E-state index < -0.39 is 32.2 Å². The highest BCUT2D eigenvalue weighted by molar-refractivity contribution is 8.01. The molecular formula is C19H21F2N3O3S3. The number of rotatable bonds is 7. The average molecular weight is 474 g/mol. The van der Waals surface area contributed by atoms with Gasteiger partial charge in [-0.25, -0.2) is 22.0 Å². The van der Waals surface area contributed by atoms with Gasteiger partial charge >= 0.3 is 5.69 Å². The van der Waals surface area contributed by atoms with Crippen molar-refractivity contribution in [2.45, 2.75) is 43.2 Å². The van der Waals surface area contributed by atoms with Crippen LogP contribution in [0.1, 0.15) is 30.8 Å². The highest BCUT2D eigenvalue weighted by atomic mass is 32.2. The lowest BCUT2D eigenvalue weighted by atomic mass is 10.2. The molecule has 0 saturated heterocycles. The van der Waals surface area contributed by atoms with Crippen LogP contribution in [0.5, 0.6) is 0 Å². The summed E-state index contributed by atoms with van der Waals surface area (Å²) in [5.74, 6) is -1.27. The minimum Gasteiger partial charge on any atom is -0.261 e. The number of imidazole rings is 1. The maximum Gasteiger partial charge on any atom is 0.354 e. The number of benzene rings is 1. The summed E-state index contributed by atoms with van der Waals surface area (Å²) in [6.07, 6.45) is 0.949. The summed E-state index contributed by atoms with van der Waals surface area (Å²) in [7, 11) is -4.28. The van der Waals surface area contributed by atoms with Crippen molar-refractivity contribution in [2.75, 3.05) is 10.5 Å². The zero-order valence-electron chi connectivity index (χ0n) is 16.8. The fourth-order valence-electron chi connectivity index (χ4n) is 2.70. The number of hydrogen-bond donors (Lipinski definition) is 1. The SMILES string of the molecule is Cc1sc(SCCC(C)C)c2c(NS(=O)(=O)c3ccc(F)c(F)c3)nc(=O)n-2c1C. The number of anilines is 1. The number of aryl methyl sites for hydroxylation is 1. The summed E-state index contributed by atoms with van der Waals surface area (Å²) in [4.78, 5) is 16.9. The zero-order valence-corrected chi connectivity index (χ0v) is 19.3. The number of aromatic nitrogens is 2. The maximum absolute atomic E-state index is 13.5. The molecule has 0 radical (unpaired) electrons. The summed E-state index contributed by atoms with van der Waals surface area (Å²) in [6.45, 7) is 7.86. The lowest BCUT2D eigenvalue weighted by Crippen LogP contribution is -2.17. The van der Waals surface area contributed by atoms with Crippen molar-refractivity contribution in [3.05, 3.63) is 50.9 Å². The quantitative estimate of drug-likeness (QED) is 0.509. The first-order valence-corrected chi connectivity index (χ1v) is 12.4. The van der Waals surface area contributed by atoms with Crippen LogP contribution in [0.2, 0.25) is 0 Å².